The van der Waals surface area contributed by atoms with E-state index in [1.807, 2.05) is 91.3 Å². The number of pyridine rings is 2. The Bertz CT molecular complexity index is 6440. The van der Waals surface area contributed by atoms with Gasteiger partial charge in [-0.05, 0) is 154 Å². The van der Waals surface area contributed by atoms with Crippen LogP contribution in [0, 0.1) is 0 Å². The second kappa shape index (κ2) is 24.2. The summed E-state index contributed by atoms with van der Waals surface area (Å²) >= 11 is 0. The van der Waals surface area contributed by atoms with Gasteiger partial charge in [-0.15, -0.1) is 0 Å². The van der Waals surface area contributed by atoms with Gasteiger partial charge in [0, 0.05) is 72.9 Å². The molecule has 0 bridgehead atoms. The van der Waals surface area contributed by atoms with Crippen molar-refractivity contribution in [1.82, 2.24) is 43.2 Å². The third-order valence-electron chi connectivity index (χ3n) is 19.4. The fourth-order valence-corrected chi connectivity index (χ4v) is 14.9. The maximum Gasteiger partial charge on any atom is 0.238 e. The van der Waals surface area contributed by atoms with Gasteiger partial charge in [0.05, 0.1) is 55.2 Å². The van der Waals surface area contributed by atoms with Gasteiger partial charge in [0.25, 0.3) is 0 Å². The quantitative estimate of drug-likeness (QED) is 0.136. The molecule has 0 saturated heterocycles. The molecule has 0 aliphatic carbocycles. The molecule has 9 nitrogen and oxygen atoms in total. The Balaban J connectivity index is 0.000000139. The molecule has 0 spiro atoms. The van der Waals surface area contributed by atoms with Crippen molar-refractivity contribution in [3.8, 4) is 90.3 Å². The lowest BCUT2D eigenvalue weighted by Crippen LogP contribution is -2.06. The van der Waals surface area contributed by atoms with E-state index in [0.717, 1.165) is 105 Å². The van der Waals surface area contributed by atoms with Gasteiger partial charge in [0.15, 0.2) is 11.6 Å². The summed E-state index contributed by atoms with van der Waals surface area (Å²) in [6, 6.07) is 122. The SMILES string of the molecule is c1ccc(-c2ccc(-n3c4ccc(-c5cccc6c5c5ccccc5n6-c5cccc(-c6ccccc6)c5)cc4c4ncccc43)cc2)cc1.c1ccc(-c2nc(-c3ccccc3)nc(-n3c4ccccc4c4c(-c5ccc6c(c5)c5ncccc5n6-c5ccccc5)cccc43)n2)cc1. The molecule has 468 valence electrons. The van der Waals surface area contributed by atoms with Crippen LogP contribution in [0.15, 0.2) is 358 Å². The van der Waals surface area contributed by atoms with Gasteiger partial charge in [-0.1, -0.05) is 237 Å². The van der Waals surface area contributed by atoms with E-state index >= 15 is 0 Å². The summed E-state index contributed by atoms with van der Waals surface area (Å²) in [5.74, 6) is 1.83. The van der Waals surface area contributed by atoms with E-state index in [1.165, 1.54) is 55.2 Å². The summed E-state index contributed by atoms with van der Waals surface area (Å²) in [5, 5.41) is 7.01. The van der Waals surface area contributed by atoms with Crippen LogP contribution < -0.4 is 0 Å². The van der Waals surface area contributed by atoms with E-state index in [9.17, 15) is 0 Å². The van der Waals surface area contributed by atoms with Gasteiger partial charge in [-0.25, -0.2) is 4.98 Å². The summed E-state index contributed by atoms with van der Waals surface area (Å²) in [5.41, 5.74) is 25.6. The highest BCUT2D eigenvalue weighted by Crippen LogP contribution is 2.44. The molecule has 0 aliphatic heterocycles. The average Bonchev–Trinajstić information content (AvgIpc) is 1.58. The Labute approximate surface area is 575 Å². The third kappa shape index (κ3) is 9.82. The smallest absolute Gasteiger partial charge is 0.238 e. The van der Waals surface area contributed by atoms with Crippen molar-refractivity contribution in [2.24, 2.45) is 0 Å². The summed E-state index contributed by atoms with van der Waals surface area (Å²) in [6.07, 6.45) is 3.77. The molecule has 0 aliphatic rings. The van der Waals surface area contributed by atoms with Crippen LogP contribution in [0.2, 0.25) is 0 Å². The second-order valence-electron chi connectivity index (χ2n) is 25.2. The van der Waals surface area contributed by atoms with Crippen molar-refractivity contribution in [3.05, 3.63) is 358 Å². The van der Waals surface area contributed by atoms with Gasteiger partial charge in [0.1, 0.15) is 0 Å². The van der Waals surface area contributed by atoms with E-state index in [0.29, 0.717) is 17.6 Å². The Morgan fingerprint density at radius 3 is 1.09 bits per heavy atom. The maximum absolute atomic E-state index is 5.11. The van der Waals surface area contributed by atoms with E-state index in [4.69, 9.17) is 24.9 Å². The number of hydrogen-bond acceptors (Lipinski definition) is 5. The molecule has 0 amide bonds. The number of para-hydroxylation sites is 3. The topological polar surface area (TPSA) is 84.2 Å². The minimum atomic E-state index is 0.576. The molecule has 7 heterocycles. The van der Waals surface area contributed by atoms with E-state index in [1.54, 1.807) is 0 Å². The van der Waals surface area contributed by atoms with Crippen molar-refractivity contribution in [2.45, 2.75) is 0 Å². The number of benzene rings is 13. The summed E-state index contributed by atoms with van der Waals surface area (Å²) in [6.45, 7) is 0. The first-order valence-corrected chi connectivity index (χ1v) is 33.7. The van der Waals surface area contributed by atoms with Gasteiger partial charge in [-0.3, -0.25) is 14.5 Å². The zero-order valence-corrected chi connectivity index (χ0v) is 54.1. The van der Waals surface area contributed by atoms with Crippen LogP contribution in [0.5, 0.6) is 0 Å². The van der Waals surface area contributed by atoms with Crippen molar-refractivity contribution in [3.63, 3.8) is 0 Å². The molecule has 9 heteroatoms. The minimum absolute atomic E-state index is 0.576. The summed E-state index contributed by atoms with van der Waals surface area (Å²) < 4.78 is 9.22. The van der Waals surface area contributed by atoms with Crippen LogP contribution in [0.25, 0.3) is 178 Å². The predicted molar refractivity (Wildman–Crippen MR) is 412 cm³/mol. The van der Waals surface area contributed by atoms with Crippen molar-refractivity contribution in [2.75, 3.05) is 0 Å². The number of hydrogen-bond donors (Lipinski definition) is 0. The molecule has 100 heavy (non-hydrogen) atoms. The molecule has 20 aromatic rings. The first-order valence-electron chi connectivity index (χ1n) is 33.7. The van der Waals surface area contributed by atoms with Crippen LogP contribution in [0.3, 0.4) is 0 Å². The van der Waals surface area contributed by atoms with E-state index in [-0.39, 0.29) is 0 Å². The Kier molecular flexibility index (Phi) is 14.0. The van der Waals surface area contributed by atoms with Crippen LogP contribution in [0.1, 0.15) is 0 Å². The Hall–Kier alpha value is -13.6. The molecule has 0 radical (unpaired) electrons. The second-order valence-corrected chi connectivity index (χ2v) is 25.2. The van der Waals surface area contributed by atoms with Crippen LogP contribution >= 0.6 is 0 Å². The molecule has 7 aromatic heterocycles. The normalized spacial score (nSPS) is 11.6. The van der Waals surface area contributed by atoms with Crippen LogP contribution in [-0.2, 0) is 0 Å². The van der Waals surface area contributed by atoms with E-state index < -0.39 is 0 Å². The van der Waals surface area contributed by atoms with Crippen molar-refractivity contribution >= 4 is 87.5 Å². The van der Waals surface area contributed by atoms with Gasteiger partial charge in [0.2, 0.25) is 5.95 Å². The predicted octanol–water partition coefficient (Wildman–Crippen LogP) is 22.7. The van der Waals surface area contributed by atoms with Gasteiger partial charge < -0.3 is 13.7 Å². The fourth-order valence-electron chi connectivity index (χ4n) is 14.9. The number of fused-ring (bicyclic) bond motifs is 12. The molecule has 0 fully saturated rings. The Morgan fingerprint density at radius 2 is 0.560 bits per heavy atom. The van der Waals surface area contributed by atoms with Gasteiger partial charge in [-0.2, -0.15) is 9.97 Å². The van der Waals surface area contributed by atoms with Crippen LogP contribution in [0.4, 0.5) is 0 Å². The molecule has 0 atom stereocenters. The lowest BCUT2D eigenvalue weighted by Gasteiger charge is -2.11. The first-order chi connectivity index (χ1) is 49.6. The van der Waals surface area contributed by atoms with Crippen molar-refractivity contribution in [1.29, 1.82) is 0 Å². The summed E-state index contributed by atoms with van der Waals surface area (Å²) in [4.78, 5) is 24.9. The minimum Gasteiger partial charge on any atom is -0.309 e. The number of aromatic nitrogens is 9. The molecule has 0 N–H and O–H groups in total. The molecule has 20 rings (SSSR count). The third-order valence-corrected chi connectivity index (χ3v) is 19.4. The molecular weight excluding hydrogens is 1220 g/mol. The zero-order valence-electron chi connectivity index (χ0n) is 54.1. The fraction of sp³-hybridized carbons (Fsp3) is 0. The summed E-state index contributed by atoms with van der Waals surface area (Å²) in [7, 11) is 0. The van der Waals surface area contributed by atoms with E-state index in [2.05, 4.69) is 285 Å². The average molecular weight is 1280 g/mol. The molecule has 13 aromatic carbocycles. The standard InChI is InChI=1S/C47H31N3.C44H28N6/c1-3-12-32(13-4-1)34-23-26-37(27-24-34)49-43-28-25-36(31-41(43)47-45(49)22-11-29-48-47)39-19-10-21-44-46(39)40-18-7-8-20-42(40)50(44)38-17-9-16-35(30-38)33-14-5-2-6-15-33;1-4-14-29(15-5-1)42-46-43(30-16-6-2-7-17-30)48-44(47-42)50-36-22-11-10-20-34(36)40-33(21-12-23-38(40)50)31-25-26-37-35(28-31)41-39(24-13-27-45-41)49(37)32-18-8-3-9-19-32/h1-31H;1-28H. The zero-order chi connectivity index (χ0) is 66.0. The monoisotopic (exact) mass is 1280 g/mol. The molecule has 0 saturated carbocycles. The first kappa shape index (κ1) is 57.8. The highest BCUT2D eigenvalue weighted by Gasteiger charge is 2.23. The highest BCUT2D eigenvalue weighted by atomic mass is 15.2. The van der Waals surface area contributed by atoms with Gasteiger partial charge >= 0.3 is 0 Å². The lowest BCUT2D eigenvalue weighted by atomic mass is 9.98. The largest absolute Gasteiger partial charge is 0.309 e. The molecular formula is C91H59N9. The number of nitrogens with zero attached hydrogens (tertiary/aromatic N) is 9. The highest BCUT2D eigenvalue weighted by molar-refractivity contribution is 6.19. The van der Waals surface area contributed by atoms with Crippen molar-refractivity contribution < 1.29 is 0 Å². The lowest BCUT2D eigenvalue weighted by molar-refractivity contribution is 0.953. The van der Waals surface area contributed by atoms with Crippen LogP contribution in [-0.4, -0.2) is 43.2 Å². The Morgan fingerprint density at radius 1 is 0.200 bits per heavy atom. The number of rotatable bonds is 10. The maximum atomic E-state index is 5.11. The molecule has 0 unspecified atom stereocenters.